The molecule has 1 aliphatic carbocycles. The molecule has 22 heavy (non-hydrogen) atoms. The van der Waals surface area contributed by atoms with Crippen molar-refractivity contribution in [2.45, 2.75) is 46.6 Å². The van der Waals surface area contributed by atoms with Crippen molar-refractivity contribution in [3.05, 3.63) is 0 Å². The molecule has 2 aliphatic rings. The first-order chi connectivity index (χ1) is 10.1. The number of rotatable bonds is 5. The summed E-state index contributed by atoms with van der Waals surface area (Å²) in [5.74, 6) is 0.457. The van der Waals surface area contributed by atoms with Gasteiger partial charge in [-0.1, -0.05) is 27.7 Å². The average Bonchev–Trinajstić information content (AvgIpc) is 2.76. The van der Waals surface area contributed by atoms with E-state index in [4.69, 9.17) is 0 Å². The van der Waals surface area contributed by atoms with Gasteiger partial charge in [0.25, 0.3) is 0 Å². The number of carbonyl (C=O) groups is 2. The first-order valence-electron chi connectivity index (χ1n) is 8.32. The van der Waals surface area contributed by atoms with E-state index in [-0.39, 0.29) is 28.7 Å². The Hall–Kier alpha value is -1.10. The molecule has 0 spiro atoms. The molecule has 2 fully saturated rings. The predicted octanol–water partition coefficient (Wildman–Crippen LogP) is 1.34. The molecule has 2 rings (SSSR count). The average molecular weight is 309 g/mol. The lowest BCUT2D eigenvalue weighted by Gasteiger charge is -2.29. The molecule has 126 valence electrons. The van der Waals surface area contributed by atoms with Crippen molar-refractivity contribution in [3.63, 3.8) is 0 Å². The van der Waals surface area contributed by atoms with Gasteiger partial charge in [0, 0.05) is 32.1 Å². The minimum Gasteiger partial charge on any atom is -0.358 e. The molecular formula is C17H31N3O2. The molecule has 1 N–H and O–H groups in total. The van der Waals surface area contributed by atoms with Gasteiger partial charge < -0.3 is 10.2 Å². The fraction of sp³-hybridized carbons (Fsp3) is 0.882. The summed E-state index contributed by atoms with van der Waals surface area (Å²) < 4.78 is 0. The van der Waals surface area contributed by atoms with Gasteiger partial charge in [-0.3, -0.25) is 14.5 Å². The second kappa shape index (κ2) is 5.84. The zero-order chi connectivity index (χ0) is 16.7. The van der Waals surface area contributed by atoms with Crippen LogP contribution in [0.4, 0.5) is 0 Å². The highest BCUT2D eigenvalue weighted by Crippen LogP contribution is 2.69. The van der Waals surface area contributed by atoms with Crippen molar-refractivity contribution < 1.29 is 9.59 Å². The maximum absolute atomic E-state index is 12.9. The van der Waals surface area contributed by atoms with Crippen molar-refractivity contribution in [2.75, 3.05) is 33.7 Å². The van der Waals surface area contributed by atoms with E-state index in [9.17, 15) is 9.59 Å². The van der Waals surface area contributed by atoms with E-state index in [0.29, 0.717) is 12.5 Å². The summed E-state index contributed by atoms with van der Waals surface area (Å²) in [6.07, 6.45) is 2.11. The van der Waals surface area contributed by atoms with Gasteiger partial charge in [-0.25, -0.2) is 0 Å². The van der Waals surface area contributed by atoms with Crippen LogP contribution in [0.5, 0.6) is 0 Å². The van der Waals surface area contributed by atoms with Crippen LogP contribution in [0.15, 0.2) is 0 Å². The normalized spacial score (nSPS) is 26.3. The number of likely N-dealkylation sites (tertiary alicyclic amines) is 1. The summed E-state index contributed by atoms with van der Waals surface area (Å²) >= 11 is 0. The van der Waals surface area contributed by atoms with E-state index in [2.05, 4.69) is 37.9 Å². The van der Waals surface area contributed by atoms with Gasteiger partial charge in [0.1, 0.15) is 0 Å². The third kappa shape index (κ3) is 2.87. The Bertz CT molecular complexity index is 445. The minimum atomic E-state index is 0.0165. The highest BCUT2D eigenvalue weighted by atomic mass is 16.2. The molecule has 0 radical (unpaired) electrons. The molecule has 1 aliphatic heterocycles. The van der Waals surface area contributed by atoms with Crippen LogP contribution < -0.4 is 5.32 Å². The molecule has 1 atom stereocenters. The number of hydrogen-bond acceptors (Lipinski definition) is 3. The third-order valence-corrected chi connectivity index (χ3v) is 6.14. The number of carbonyl (C=O) groups excluding carboxylic acids is 2. The number of hydrogen-bond donors (Lipinski definition) is 1. The molecule has 2 amide bonds. The lowest BCUT2D eigenvalue weighted by atomic mass is 10.0. The van der Waals surface area contributed by atoms with E-state index >= 15 is 0 Å². The van der Waals surface area contributed by atoms with Crippen molar-refractivity contribution in [3.8, 4) is 0 Å². The van der Waals surface area contributed by atoms with Crippen LogP contribution in [0.2, 0.25) is 0 Å². The van der Waals surface area contributed by atoms with E-state index in [1.165, 1.54) is 0 Å². The smallest absolute Gasteiger partial charge is 0.233 e. The lowest BCUT2D eigenvalue weighted by Crippen LogP contribution is -2.45. The zero-order valence-electron chi connectivity index (χ0n) is 14.9. The second-order valence-corrected chi connectivity index (χ2v) is 8.07. The van der Waals surface area contributed by atoms with Crippen molar-refractivity contribution >= 4 is 11.8 Å². The highest BCUT2D eigenvalue weighted by Gasteiger charge is 2.69. The van der Waals surface area contributed by atoms with Gasteiger partial charge in [0.15, 0.2) is 0 Å². The van der Waals surface area contributed by atoms with Gasteiger partial charge >= 0.3 is 0 Å². The second-order valence-electron chi connectivity index (χ2n) is 8.07. The molecule has 1 heterocycles. The molecule has 1 unspecified atom stereocenters. The van der Waals surface area contributed by atoms with Gasteiger partial charge in [-0.15, -0.1) is 0 Å². The quantitative estimate of drug-likeness (QED) is 0.834. The van der Waals surface area contributed by atoms with E-state index in [0.717, 1.165) is 25.9 Å². The predicted molar refractivity (Wildman–Crippen MR) is 87.4 cm³/mol. The molecule has 5 nitrogen and oxygen atoms in total. The molecular weight excluding hydrogens is 278 g/mol. The topological polar surface area (TPSA) is 52.7 Å². The Morgan fingerprint density at radius 1 is 1.23 bits per heavy atom. The van der Waals surface area contributed by atoms with Crippen LogP contribution in [-0.2, 0) is 9.59 Å². The molecule has 1 saturated carbocycles. The van der Waals surface area contributed by atoms with Crippen molar-refractivity contribution in [2.24, 2.45) is 16.7 Å². The SMILES string of the molecule is CNC(=O)CN(C)CC1CCCN1C(=O)C1C(C)(C)C1(C)C. The van der Waals surface area contributed by atoms with E-state index in [1.807, 2.05) is 11.9 Å². The Balaban J connectivity index is 1.97. The van der Waals surface area contributed by atoms with Crippen LogP contribution in [-0.4, -0.2) is 61.4 Å². The van der Waals surface area contributed by atoms with Crippen molar-refractivity contribution in [1.82, 2.24) is 15.1 Å². The zero-order valence-corrected chi connectivity index (χ0v) is 14.9. The van der Waals surface area contributed by atoms with Crippen LogP contribution in [0.3, 0.4) is 0 Å². The first kappa shape index (κ1) is 17.3. The summed E-state index contributed by atoms with van der Waals surface area (Å²) in [7, 11) is 3.60. The summed E-state index contributed by atoms with van der Waals surface area (Å²) in [4.78, 5) is 28.5. The van der Waals surface area contributed by atoms with Crippen LogP contribution in [0.1, 0.15) is 40.5 Å². The number of nitrogens with zero attached hydrogens (tertiary/aromatic N) is 2. The highest BCUT2D eigenvalue weighted by molar-refractivity contribution is 5.84. The van der Waals surface area contributed by atoms with Gasteiger partial charge in [-0.05, 0) is 30.7 Å². The van der Waals surface area contributed by atoms with Gasteiger partial charge in [0.05, 0.1) is 6.54 Å². The molecule has 5 heteroatoms. The summed E-state index contributed by atoms with van der Waals surface area (Å²) in [5.41, 5.74) is 0.177. The number of nitrogens with one attached hydrogen (secondary N) is 1. The largest absolute Gasteiger partial charge is 0.358 e. The summed E-state index contributed by atoms with van der Waals surface area (Å²) in [6.45, 7) is 10.8. The summed E-state index contributed by atoms with van der Waals surface area (Å²) in [5, 5.41) is 2.64. The fourth-order valence-electron chi connectivity index (χ4n) is 4.04. The van der Waals surface area contributed by atoms with E-state index in [1.54, 1.807) is 7.05 Å². The molecule has 0 aromatic heterocycles. The molecule has 0 aromatic carbocycles. The maximum atomic E-state index is 12.9. The third-order valence-electron chi connectivity index (χ3n) is 6.14. The Morgan fingerprint density at radius 2 is 1.82 bits per heavy atom. The van der Waals surface area contributed by atoms with Gasteiger partial charge in [-0.2, -0.15) is 0 Å². The van der Waals surface area contributed by atoms with Crippen LogP contribution in [0, 0.1) is 16.7 Å². The monoisotopic (exact) mass is 309 g/mol. The number of amides is 2. The standard InChI is InChI=1S/C17H31N3O2/c1-16(2)14(17(16,3)4)15(22)20-9-7-8-12(20)10-19(6)11-13(21)18-5/h12,14H,7-11H2,1-6H3,(H,18,21). The van der Waals surface area contributed by atoms with Crippen molar-refractivity contribution in [1.29, 1.82) is 0 Å². The number of likely N-dealkylation sites (N-methyl/N-ethyl adjacent to an activating group) is 2. The maximum Gasteiger partial charge on any atom is 0.233 e. The summed E-state index contributed by atoms with van der Waals surface area (Å²) in [6, 6.07) is 0.245. The molecule has 0 aromatic rings. The van der Waals surface area contributed by atoms with Crippen LogP contribution >= 0.6 is 0 Å². The van der Waals surface area contributed by atoms with E-state index < -0.39 is 0 Å². The van der Waals surface area contributed by atoms with Crippen LogP contribution in [0.25, 0.3) is 0 Å². The molecule has 0 bridgehead atoms. The molecule has 1 saturated heterocycles. The minimum absolute atomic E-state index is 0.0165. The first-order valence-corrected chi connectivity index (χ1v) is 8.32. The van der Waals surface area contributed by atoms with Gasteiger partial charge in [0.2, 0.25) is 11.8 Å². The Labute approximate surface area is 134 Å². The Morgan fingerprint density at radius 3 is 2.32 bits per heavy atom. The fourth-order valence-corrected chi connectivity index (χ4v) is 4.04. The lowest BCUT2D eigenvalue weighted by molar-refractivity contribution is -0.135. The Kier molecular flexibility index (Phi) is 4.58.